The van der Waals surface area contributed by atoms with Crippen LogP contribution in [0.3, 0.4) is 0 Å². The fraction of sp³-hybridized carbons (Fsp3) is 0.0833. The molecule has 5 nitrogen and oxygen atoms in total. The third-order valence-corrected chi connectivity index (χ3v) is 3.18. The van der Waals surface area contributed by atoms with Crippen LogP contribution in [0.4, 0.5) is 0 Å². The molecule has 0 spiro atoms. The molecule has 1 aromatic rings. The summed E-state index contributed by atoms with van der Waals surface area (Å²) in [6.45, 7) is 0.0363. The summed E-state index contributed by atoms with van der Waals surface area (Å²) < 4.78 is 9.20. The van der Waals surface area contributed by atoms with Crippen LogP contribution >= 0.6 is 22.6 Å². The number of hydrogen-bond donors (Lipinski definition) is 0. The summed E-state index contributed by atoms with van der Waals surface area (Å²) in [5, 5.41) is 0. The van der Waals surface area contributed by atoms with Gasteiger partial charge in [-0.25, -0.2) is 14.4 Å². The Morgan fingerprint density at radius 2 is 1.83 bits per heavy atom. The van der Waals surface area contributed by atoms with E-state index in [0.29, 0.717) is 0 Å². The summed E-state index contributed by atoms with van der Waals surface area (Å²) in [4.78, 5) is 33.9. The van der Waals surface area contributed by atoms with Crippen LogP contribution < -0.4 is 0 Å². The van der Waals surface area contributed by atoms with E-state index >= 15 is 0 Å². The number of carbonyl (C=O) groups excluding carboxylic acids is 3. The molecule has 0 N–H and O–H groups in total. The zero-order valence-electron chi connectivity index (χ0n) is 9.01. The predicted octanol–water partition coefficient (Wildman–Crippen LogP) is 1.50. The average molecular weight is 358 g/mol. The molecule has 1 aliphatic rings. The van der Waals surface area contributed by atoms with Crippen LogP contribution in [0, 0.1) is 0 Å². The lowest BCUT2D eigenvalue weighted by molar-refractivity contribution is -0.152. The van der Waals surface area contributed by atoms with Gasteiger partial charge in [0.25, 0.3) is 0 Å². The first kappa shape index (κ1) is 12.7. The average Bonchev–Trinajstić information content (AvgIpc) is 2.62. The normalized spacial score (nSPS) is 14.7. The molecule has 0 aromatic heterocycles. The predicted molar refractivity (Wildman–Crippen MR) is 68.4 cm³/mol. The number of esters is 3. The van der Waals surface area contributed by atoms with Crippen LogP contribution in [0.1, 0.15) is 5.56 Å². The molecule has 18 heavy (non-hydrogen) atoms. The van der Waals surface area contributed by atoms with Crippen molar-refractivity contribution in [1.29, 1.82) is 0 Å². The largest absolute Gasteiger partial charge is 0.457 e. The van der Waals surface area contributed by atoms with Gasteiger partial charge < -0.3 is 9.47 Å². The van der Waals surface area contributed by atoms with Crippen molar-refractivity contribution in [2.24, 2.45) is 0 Å². The highest BCUT2D eigenvalue weighted by molar-refractivity contribution is 14.1. The van der Waals surface area contributed by atoms with Gasteiger partial charge in [0.2, 0.25) is 0 Å². The summed E-state index contributed by atoms with van der Waals surface area (Å²) in [7, 11) is 0. The third kappa shape index (κ3) is 2.58. The molecular weight excluding hydrogens is 351 g/mol. The van der Waals surface area contributed by atoms with Crippen LogP contribution in [0.15, 0.2) is 39.5 Å². The van der Waals surface area contributed by atoms with E-state index in [0.717, 1.165) is 5.56 Å². The molecule has 0 saturated carbocycles. The van der Waals surface area contributed by atoms with Gasteiger partial charge in [0.15, 0.2) is 5.57 Å². The van der Waals surface area contributed by atoms with E-state index in [1.807, 2.05) is 6.07 Å². The van der Waals surface area contributed by atoms with Gasteiger partial charge >= 0.3 is 17.9 Å². The number of rotatable bonds is 3. The van der Waals surface area contributed by atoms with Crippen molar-refractivity contribution >= 4 is 40.5 Å². The maximum Gasteiger partial charge on any atom is 0.354 e. The fourth-order valence-electron chi connectivity index (χ4n) is 1.34. The highest BCUT2D eigenvalue weighted by atomic mass is 127. The first-order valence-electron chi connectivity index (χ1n) is 4.97. The minimum absolute atomic E-state index is 0.0363. The minimum atomic E-state index is -0.956. The van der Waals surface area contributed by atoms with Crippen LogP contribution in [-0.4, -0.2) is 17.9 Å². The van der Waals surface area contributed by atoms with Gasteiger partial charge in [-0.15, -0.1) is 0 Å². The van der Waals surface area contributed by atoms with Gasteiger partial charge in [0, 0.05) is 0 Å². The van der Waals surface area contributed by atoms with Crippen LogP contribution in [0.25, 0.3) is 0 Å². The second kappa shape index (κ2) is 5.30. The lowest BCUT2D eigenvalue weighted by Crippen LogP contribution is -2.14. The van der Waals surface area contributed by atoms with E-state index in [9.17, 15) is 14.4 Å². The number of cyclic esters (lactones) is 2. The van der Waals surface area contributed by atoms with Crippen LogP contribution in [0.2, 0.25) is 0 Å². The molecule has 1 aromatic carbocycles. The first-order valence-corrected chi connectivity index (χ1v) is 6.05. The molecule has 1 heterocycles. The lowest BCUT2D eigenvalue weighted by Gasteiger charge is -2.03. The fourth-order valence-corrected chi connectivity index (χ4v) is 1.89. The summed E-state index contributed by atoms with van der Waals surface area (Å²) in [6.07, 6.45) is 0. The van der Waals surface area contributed by atoms with Gasteiger partial charge in [-0.1, -0.05) is 30.3 Å². The van der Waals surface area contributed by atoms with Crippen molar-refractivity contribution in [3.8, 4) is 0 Å². The van der Waals surface area contributed by atoms with Gasteiger partial charge in [-0.3, -0.25) is 0 Å². The summed E-state index contributed by atoms with van der Waals surface area (Å²) in [5.74, 6) is -2.62. The van der Waals surface area contributed by atoms with Crippen molar-refractivity contribution in [3.63, 3.8) is 0 Å². The zero-order chi connectivity index (χ0) is 13.1. The highest BCUT2D eigenvalue weighted by Crippen LogP contribution is 2.24. The molecule has 0 aliphatic carbocycles. The molecule has 0 bridgehead atoms. The molecule has 0 fully saturated rings. The maximum absolute atomic E-state index is 11.6. The van der Waals surface area contributed by atoms with Crippen molar-refractivity contribution in [3.05, 3.63) is 45.0 Å². The Kier molecular flexibility index (Phi) is 3.75. The maximum atomic E-state index is 11.6. The van der Waals surface area contributed by atoms with Crippen molar-refractivity contribution in [2.45, 2.75) is 6.61 Å². The van der Waals surface area contributed by atoms with E-state index in [4.69, 9.17) is 4.74 Å². The molecule has 6 heteroatoms. The molecule has 2 rings (SSSR count). The van der Waals surface area contributed by atoms with E-state index in [1.54, 1.807) is 46.9 Å². The Morgan fingerprint density at radius 3 is 2.39 bits per heavy atom. The lowest BCUT2D eigenvalue weighted by atomic mass is 10.2. The Bertz CT molecular complexity index is 547. The van der Waals surface area contributed by atoms with Gasteiger partial charge in [0.05, 0.1) is 0 Å². The SMILES string of the molecule is O=C1OC(=O)C(C(=O)OCc2ccccc2)=C1I. The molecule has 92 valence electrons. The molecule has 0 atom stereocenters. The Morgan fingerprint density at radius 1 is 1.17 bits per heavy atom. The van der Waals surface area contributed by atoms with Crippen LogP contribution in [0.5, 0.6) is 0 Å². The zero-order valence-corrected chi connectivity index (χ0v) is 11.2. The van der Waals surface area contributed by atoms with Crippen molar-refractivity contribution < 1.29 is 23.9 Å². The standard InChI is InChI=1S/C12H7IO5/c13-9-8(11(15)18-12(9)16)10(14)17-6-7-4-2-1-3-5-7/h1-5H,6H2. The van der Waals surface area contributed by atoms with Crippen molar-refractivity contribution in [1.82, 2.24) is 0 Å². The summed E-state index contributed by atoms with van der Waals surface area (Å²) in [6, 6.07) is 9.01. The molecule has 0 unspecified atom stereocenters. The quantitative estimate of drug-likeness (QED) is 0.355. The smallest absolute Gasteiger partial charge is 0.354 e. The van der Waals surface area contributed by atoms with E-state index < -0.39 is 17.9 Å². The third-order valence-electron chi connectivity index (χ3n) is 2.21. The summed E-state index contributed by atoms with van der Waals surface area (Å²) >= 11 is 1.59. The molecule has 0 amide bonds. The summed E-state index contributed by atoms with van der Waals surface area (Å²) in [5.41, 5.74) is 0.454. The second-order valence-corrected chi connectivity index (χ2v) is 4.51. The van der Waals surface area contributed by atoms with E-state index in [1.165, 1.54) is 0 Å². The van der Waals surface area contributed by atoms with Gasteiger partial charge in [-0.05, 0) is 28.2 Å². The Hall–Kier alpha value is -1.70. The molecule has 0 saturated heterocycles. The molecular formula is C12H7IO5. The number of hydrogen-bond acceptors (Lipinski definition) is 5. The van der Waals surface area contributed by atoms with E-state index in [-0.39, 0.29) is 15.8 Å². The topological polar surface area (TPSA) is 69.7 Å². The van der Waals surface area contributed by atoms with E-state index in [2.05, 4.69) is 4.74 Å². The van der Waals surface area contributed by atoms with Gasteiger partial charge in [0.1, 0.15) is 10.2 Å². The minimum Gasteiger partial charge on any atom is -0.457 e. The Balaban J connectivity index is 2.05. The number of benzene rings is 1. The number of ether oxygens (including phenoxy) is 2. The first-order chi connectivity index (χ1) is 8.59. The number of halogens is 1. The molecule has 1 aliphatic heterocycles. The molecule has 0 radical (unpaired) electrons. The highest BCUT2D eigenvalue weighted by Gasteiger charge is 2.37. The Labute approximate surface area is 116 Å². The second-order valence-electron chi connectivity index (χ2n) is 3.43. The monoisotopic (exact) mass is 358 g/mol. The number of carbonyl (C=O) groups is 3. The van der Waals surface area contributed by atoms with Crippen LogP contribution in [-0.2, 0) is 30.5 Å². The van der Waals surface area contributed by atoms with Crippen molar-refractivity contribution in [2.75, 3.05) is 0 Å². The van der Waals surface area contributed by atoms with Gasteiger partial charge in [-0.2, -0.15) is 0 Å².